The van der Waals surface area contributed by atoms with Gasteiger partial charge in [0.05, 0.1) is 21.3 Å². The SMILES string of the molecule is COc1cc(/C=C2/N=C(c3ccc(N4CCCC4=O)cc3)OC2=O)cc(OC)c1OC. The summed E-state index contributed by atoms with van der Waals surface area (Å²) in [6, 6.07) is 10.7. The number of hydrogen-bond donors (Lipinski definition) is 0. The van der Waals surface area contributed by atoms with Crippen molar-refractivity contribution in [2.75, 3.05) is 32.8 Å². The van der Waals surface area contributed by atoms with Crippen LogP contribution in [-0.2, 0) is 14.3 Å². The Kier molecular flexibility index (Phi) is 5.62. The standard InChI is InChI=1S/C23H22N2O6/c1-28-18-12-14(13-19(29-2)21(18)30-3)11-17-23(27)31-22(24-17)15-6-8-16(9-7-15)25-10-4-5-20(25)26/h6-9,11-13H,4-5,10H2,1-3H3/b17-11+. The molecule has 4 rings (SSSR count). The average molecular weight is 422 g/mol. The van der Waals surface area contributed by atoms with E-state index in [9.17, 15) is 9.59 Å². The van der Waals surface area contributed by atoms with Crippen LogP contribution in [0.25, 0.3) is 6.08 Å². The monoisotopic (exact) mass is 422 g/mol. The van der Waals surface area contributed by atoms with Crippen LogP contribution in [0.5, 0.6) is 17.2 Å². The minimum atomic E-state index is -0.553. The second-order valence-electron chi connectivity index (χ2n) is 6.99. The first-order valence-electron chi connectivity index (χ1n) is 9.77. The average Bonchev–Trinajstić information content (AvgIpc) is 3.38. The van der Waals surface area contributed by atoms with E-state index in [1.54, 1.807) is 35.2 Å². The lowest BCUT2D eigenvalue weighted by Crippen LogP contribution is -2.23. The summed E-state index contributed by atoms with van der Waals surface area (Å²) in [6.45, 7) is 0.718. The van der Waals surface area contributed by atoms with Crippen LogP contribution >= 0.6 is 0 Å². The molecule has 0 aliphatic carbocycles. The summed E-state index contributed by atoms with van der Waals surface area (Å²) in [6.07, 6.45) is 3.03. The van der Waals surface area contributed by atoms with Crippen LogP contribution in [0.2, 0.25) is 0 Å². The maximum absolute atomic E-state index is 12.4. The quantitative estimate of drug-likeness (QED) is 0.525. The molecule has 0 radical (unpaired) electrons. The van der Waals surface area contributed by atoms with Gasteiger partial charge in [0, 0.05) is 24.2 Å². The van der Waals surface area contributed by atoms with Crippen LogP contribution in [0.3, 0.4) is 0 Å². The fourth-order valence-electron chi connectivity index (χ4n) is 3.58. The van der Waals surface area contributed by atoms with Crippen LogP contribution in [0.4, 0.5) is 5.69 Å². The zero-order valence-electron chi connectivity index (χ0n) is 17.5. The second-order valence-corrected chi connectivity index (χ2v) is 6.99. The summed E-state index contributed by atoms with van der Waals surface area (Å²) in [5, 5.41) is 0. The predicted molar refractivity (Wildman–Crippen MR) is 115 cm³/mol. The Bertz CT molecular complexity index is 1060. The van der Waals surface area contributed by atoms with Gasteiger partial charge in [-0.25, -0.2) is 9.79 Å². The number of benzene rings is 2. The molecule has 0 unspecified atom stereocenters. The van der Waals surface area contributed by atoms with Crippen LogP contribution < -0.4 is 19.1 Å². The van der Waals surface area contributed by atoms with Crippen molar-refractivity contribution in [1.29, 1.82) is 0 Å². The number of rotatable bonds is 6. The van der Waals surface area contributed by atoms with Crippen LogP contribution in [0.15, 0.2) is 47.1 Å². The fourth-order valence-corrected chi connectivity index (χ4v) is 3.58. The molecule has 31 heavy (non-hydrogen) atoms. The number of esters is 1. The van der Waals surface area contributed by atoms with E-state index in [-0.39, 0.29) is 17.5 Å². The highest BCUT2D eigenvalue weighted by atomic mass is 16.6. The van der Waals surface area contributed by atoms with Gasteiger partial charge in [0.25, 0.3) is 0 Å². The number of amides is 1. The maximum Gasteiger partial charge on any atom is 0.363 e. The van der Waals surface area contributed by atoms with Gasteiger partial charge in [0.1, 0.15) is 0 Å². The van der Waals surface area contributed by atoms with Gasteiger partial charge in [-0.3, -0.25) is 4.79 Å². The van der Waals surface area contributed by atoms with Crippen molar-refractivity contribution in [3.05, 3.63) is 53.2 Å². The highest BCUT2D eigenvalue weighted by Gasteiger charge is 2.26. The second kappa shape index (κ2) is 8.51. The molecule has 0 bridgehead atoms. The third-order valence-corrected chi connectivity index (χ3v) is 5.11. The van der Waals surface area contributed by atoms with E-state index in [2.05, 4.69) is 4.99 Å². The van der Waals surface area contributed by atoms with Gasteiger partial charge >= 0.3 is 5.97 Å². The molecule has 8 nitrogen and oxygen atoms in total. The first-order chi connectivity index (χ1) is 15.0. The Morgan fingerprint density at radius 1 is 1.00 bits per heavy atom. The van der Waals surface area contributed by atoms with Gasteiger partial charge in [-0.15, -0.1) is 0 Å². The minimum Gasteiger partial charge on any atom is -0.493 e. The normalized spacial score (nSPS) is 17.1. The number of cyclic esters (lactones) is 1. The summed E-state index contributed by atoms with van der Waals surface area (Å²) in [7, 11) is 4.57. The molecule has 2 aliphatic rings. The molecule has 8 heteroatoms. The van der Waals surface area contributed by atoms with Crippen LogP contribution in [-0.4, -0.2) is 45.6 Å². The van der Waals surface area contributed by atoms with Gasteiger partial charge in [-0.2, -0.15) is 0 Å². The molecule has 0 spiro atoms. The zero-order chi connectivity index (χ0) is 22.0. The third kappa shape index (κ3) is 3.96. The molecule has 0 atom stereocenters. The molecular weight excluding hydrogens is 400 g/mol. The Morgan fingerprint density at radius 2 is 1.68 bits per heavy atom. The Hall–Kier alpha value is -3.81. The topological polar surface area (TPSA) is 86.7 Å². The molecule has 2 aliphatic heterocycles. The lowest BCUT2D eigenvalue weighted by molar-refractivity contribution is -0.130. The zero-order valence-corrected chi connectivity index (χ0v) is 17.5. The van der Waals surface area contributed by atoms with Gasteiger partial charge < -0.3 is 23.8 Å². The van der Waals surface area contributed by atoms with Crippen molar-refractivity contribution in [1.82, 2.24) is 0 Å². The number of nitrogens with zero attached hydrogens (tertiary/aromatic N) is 2. The first kappa shape index (κ1) is 20.5. The highest BCUT2D eigenvalue weighted by Crippen LogP contribution is 2.39. The van der Waals surface area contributed by atoms with E-state index in [4.69, 9.17) is 18.9 Å². The molecule has 2 heterocycles. The molecule has 2 aromatic rings. The lowest BCUT2D eigenvalue weighted by Gasteiger charge is -2.15. The third-order valence-electron chi connectivity index (χ3n) is 5.11. The maximum atomic E-state index is 12.4. The molecule has 1 amide bonds. The number of methoxy groups -OCH3 is 3. The van der Waals surface area contributed by atoms with Gasteiger partial charge in [-0.05, 0) is 54.5 Å². The molecule has 1 saturated heterocycles. The predicted octanol–water partition coefficient (Wildman–Crippen LogP) is 3.18. The van der Waals surface area contributed by atoms with Crippen molar-refractivity contribution in [2.24, 2.45) is 4.99 Å². The summed E-state index contributed by atoms with van der Waals surface area (Å²) >= 11 is 0. The van der Waals surface area contributed by atoms with Crippen molar-refractivity contribution >= 4 is 29.5 Å². The van der Waals surface area contributed by atoms with Crippen molar-refractivity contribution in [2.45, 2.75) is 12.8 Å². The molecule has 160 valence electrons. The number of carbonyl (C=O) groups is 2. The molecule has 0 aromatic heterocycles. The number of carbonyl (C=O) groups excluding carboxylic acids is 2. The molecule has 0 N–H and O–H groups in total. The largest absolute Gasteiger partial charge is 0.493 e. The smallest absolute Gasteiger partial charge is 0.363 e. The summed E-state index contributed by atoms with van der Waals surface area (Å²) < 4.78 is 21.4. The number of aliphatic imine (C=N–C) groups is 1. The van der Waals surface area contributed by atoms with E-state index in [1.165, 1.54) is 21.3 Å². The van der Waals surface area contributed by atoms with Gasteiger partial charge in [-0.1, -0.05) is 0 Å². The van der Waals surface area contributed by atoms with Crippen LogP contribution in [0, 0.1) is 0 Å². The van der Waals surface area contributed by atoms with E-state index < -0.39 is 5.97 Å². The Labute approximate surface area is 179 Å². The Morgan fingerprint density at radius 3 is 2.23 bits per heavy atom. The van der Waals surface area contributed by atoms with Gasteiger partial charge in [0.2, 0.25) is 17.6 Å². The summed E-state index contributed by atoms with van der Waals surface area (Å²) in [5.74, 6) is 1.17. The first-order valence-corrected chi connectivity index (χ1v) is 9.77. The highest BCUT2D eigenvalue weighted by molar-refractivity contribution is 6.13. The van der Waals surface area contributed by atoms with E-state index >= 15 is 0 Å². The summed E-state index contributed by atoms with van der Waals surface area (Å²) in [4.78, 5) is 30.4. The van der Waals surface area contributed by atoms with Gasteiger partial charge in [0.15, 0.2) is 17.2 Å². The van der Waals surface area contributed by atoms with E-state index in [1.807, 2.05) is 12.1 Å². The van der Waals surface area contributed by atoms with Crippen molar-refractivity contribution in [3.8, 4) is 17.2 Å². The van der Waals surface area contributed by atoms with Crippen molar-refractivity contribution < 1.29 is 28.5 Å². The minimum absolute atomic E-state index is 0.118. The van der Waals surface area contributed by atoms with E-state index in [0.717, 1.165) is 18.7 Å². The summed E-state index contributed by atoms with van der Waals surface area (Å²) in [5.41, 5.74) is 2.28. The van der Waals surface area contributed by atoms with Crippen LogP contribution in [0.1, 0.15) is 24.0 Å². The van der Waals surface area contributed by atoms with Crippen molar-refractivity contribution in [3.63, 3.8) is 0 Å². The number of hydrogen-bond acceptors (Lipinski definition) is 7. The fraction of sp³-hybridized carbons (Fsp3) is 0.261. The molecule has 1 fully saturated rings. The number of ether oxygens (including phenoxy) is 4. The lowest BCUT2D eigenvalue weighted by atomic mass is 10.1. The molecule has 0 saturated carbocycles. The Balaban J connectivity index is 1.61. The molecular formula is C23H22N2O6. The molecule has 2 aromatic carbocycles. The van der Waals surface area contributed by atoms with E-state index in [0.29, 0.717) is 34.8 Å². The number of anilines is 1.